The lowest BCUT2D eigenvalue weighted by Crippen LogP contribution is -2.39. The number of aliphatic imine (C=N–C) groups is 1. The van der Waals surface area contributed by atoms with Crippen LogP contribution >= 0.6 is 0 Å². The molecule has 0 amide bonds. The minimum absolute atomic E-state index is 0.269. The molecule has 0 radical (unpaired) electrons. The van der Waals surface area contributed by atoms with Crippen molar-refractivity contribution in [2.24, 2.45) is 4.99 Å². The summed E-state index contributed by atoms with van der Waals surface area (Å²) in [6.07, 6.45) is 2.18. The maximum Gasteiger partial charge on any atom is 0.191 e. The molecule has 7 heteroatoms. The number of ether oxygens (including phenoxy) is 2. The molecule has 3 rings (SSSR count). The van der Waals surface area contributed by atoms with Gasteiger partial charge in [0.15, 0.2) is 5.96 Å². The molecule has 1 aromatic carbocycles. The summed E-state index contributed by atoms with van der Waals surface area (Å²) in [7, 11) is 0. The van der Waals surface area contributed by atoms with Crippen LogP contribution in [0.5, 0.6) is 0 Å². The Hall–Kier alpha value is -2.38. The molecule has 1 fully saturated rings. The molecule has 152 valence electrons. The summed E-state index contributed by atoms with van der Waals surface area (Å²) in [5.41, 5.74) is 1.00. The molecule has 28 heavy (non-hydrogen) atoms. The summed E-state index contributed by atoms with van der Waals surface area (Å²) >= 11 is 0. The van der Waals surface area contributed by atoms with Crippen LogP contribution in [-0.2, 0) is 9.47 Å². The van der Waals surface area contributed by atoms with Crippen LogP contribution in [0, 0.1) is 0 Å². The molecule has 0 bridgehead atoms. The van der Waals surface area contributed by atoms with Crippen molar-refractivity contribution in [3.63, 3.8) is 0 Å². The molecule has 0 spiro atoms. The predicted molar refractivity (Wildman–Crippen MR) is 114 cm³/mol. The SMILES string of the molecule is CCNC(=NCCCOC1CCOC1)NCCNc1ccc2ccccc2n1. The second-order valence-corrected chi connectivity index (χ2v) is 6.71. The van der Waals surface area contributed by atoms with Crippen LogP contribution in [0.4, 0.5) is 5.82 Å². The van der Waals surface area contributed by atoms with Crippen LogP contribution in [0.15, 0.2) is 41.4 Å². The van der Waals surface area contributed by atoms with Gasteiger partial charge in [-0.05, 0) is 38.0 Å². The molecule has 1 unspecified atom stereocenters. The zero-order chi connectivity index (χ0) is 19.4. The van der Waals surface area contributed by atoms with Gasteiger partial charge in [0.2, 0.25) is 0 Å². The Morgan fingerprint density at radius 2 is 2.14 bits per heavy atom. The molecule has 1 aliphatic rings. The summed E-state index contributed by atoms with van der Waals surface area (Å²) in [6, 6.07) is 12.2. The van der Waals surface area contributed by atoms with Crippen molar-refractivity contribution >= 4 is 22.7 Å². The third-order valence-corrected chi connectivity index (χ3v) is 4.48. The second-order valence-electron chi connectivity index (χ2n) is 6.71. The molecule has 1 aromatic heterocycles. The molecule has 2 aromatic rings. The van der Waals surface area contributed by atoms with Gasteiger partial charge in [0.25, 0.3) is 0 Å². The van der Waals surface area contributed by atoms with Gasteiger partial charge in [-0.2, -0.15) is 0 Å². The summed E-state index contributed by atoms with van der Waals surface area (Å²) in [6.45, 7) is 7.44. The number of hydrogen-bond acceptors (Lipinski definition) is 5. The second kappa shape index (κ2) is 11.5. The van der Waals surface area contributed by atoms with E-state index in [1.807, 2.05) is 24.3 Å². The van der Waals surface area contributed by atoms with E-state index < -0.39 is 0 Å². The third kappa shape index (κ3) is 6.65. The smallest absolute Gasteiger partial charge is 0.191 e. The minimum Gasteiger partial charge on any atom is -0.379 e. The van der Waals surface area contributed by atoms with Crippen LogP contribution in [-0.4, -0.2) is 63.0 Å². The normalized spacial score (nSPS) is 17.0. The first-order chi connectivity index (χ1) is 13.8. The molecular weight excluding hydrogens is 354 g/mol. The molecule has 7 nitrogen and oxygen atoms in total. The van der Waals surface area contributed by atoms with Gasteiger partial charge in [-0.25, -0.2) is 4.98 Å². The summed E-state index contributed by atoms with van der Waals surface area (Å²) in [5.74, 6) is 1.72. The van der Waals surface area contributed by atoms with E-state index in [0.29, 0.717) is 0 Å². The molecule has 2 heterocycles. The minimum atomic E-state index is 0.269. The topological polar surface area (TPSA) is 79.8 Å². The van der Waals surface area contributed by atoms with Crippen LogP contribution in [0.3, 0.4) is 0 Å². The van der Waals surface area contributed by atoms with E-state index in [9.17, 15) is 0 Å². The zero-order valence-corrected chi connectivity index (χ0v) is 16.6. The standard InChI is InChI=1S/C21H31N5O2/c1-2-22-21(24-11-5-14-28-18-10-15-27-16-18)25-13-12-23-20-9-8-17-6-3-4-7-19(17)26-20/h3-4,6-9,18H,2,5,10-16H2,1H3,(H,23,26)(H2,22,24,25). The average molecular weight is 386 g/mol. The van der Waals surface area contributed by atoms with Gasteiger partial charge in [0.05, 0.1) is 18.2 Å². The van der Waals surface area contributed by atoms with E-state index in [-0.39, 0.29) is 6.10 Å². The first-order valence-corrected chi connectivity index (χ1v) is 10.2. The van der Waals surface area contributed by atoms with Crippen molar-refractivity contribution < 1.29 is 9.47 Å². The maximum absolute atomic E-state index is 5.77. The number of benzene rings is 1. The van der Waals surface area contributed by atoms with Crippen LogP contribution in [0.2, 0.25) is 0 Å². The first-order valence-electron chi connectivity index (χ1n) is 10.2. The van der Waals surface area contributed by atoms with E-state index in [2.05, 4.69) is 45.0 Å². The van der Waals surface area contributed by atoms with Gasteiger partial charge >= 0.3 is 0 Å². The Bertz CT molecular complexity index is 746. The fourth-order valence-electron chi connectivity index (χ4n) is 3.03. The van der Waals surface area contributed by atoms with E-state index in [1.54, 1.807) is 0 Å². The summed E-state index contributed by atoms with van der Waals surface area (Å²) < 4.78 is 11.1. The lowest BCUT2D eigenvalue weighted by Gasteiger charge is -2.13. The van der Waals surface area contributed by atoms with E-state index in [1.165, 1.54) is 0 Å². The van der Waals surface area contributed by atoms with Gasteiger partial charge in [0, 0.05) is 44.8 Å². The molecule has 0 aliphatic carbocycles. The lowest BCUT2D eigenvalue weighted by molar-refractivity contribution is 0.0424. The van der Waals surface area contributed by atoms with Gasteiger partial charge in [-0.1, -0.05) is 18.2 Å². The molecule has 1 atom stereocenters. The number of guanidine groups is 1. The highest BCUT2D eigenvalue weighted by atomic mass is 16.5. The number of anilines is 1. The van der Waals surface area contributed by atoms with Gasteiger partial charge in [-0.3, -0.25) is 4.99 Å². The molecule has 3 N–H and O–H groups in total. The predicted octanol–water partition coefficient (Wildman–Crippen LogP) is 2.40. The Morgan fingerprint density at radius 3 is 3.00 bits per heavy atom. The van der Waals surface area contributed by atoms with Crippen molar-refractivity contribution in [2.75, 3.05) is 51.3 Å². The summed E-state index contributed by atoms with van der Waals surface area (Å²) in [5, 5.41) is 11.1. The molecule has 1 saturated heterocycles. The van der Waals surface area contributed by atoms with Gasteiger partial charge < -0.3 is 25.4 Å². The van der Waals surface area contributed by atoms with Gasteiger partial charge in [-0.15, -0.1) is 0 Å². The highest BCUT2D eigenvalue weighted by Gasteiger charge is 2.15. The summed E-state index contributed by atoms with van der Waals surface area (Å²) in [4.78, 5) is 9.23. The Labute approximate surface area is 166 Å². The number of para-hydroxylation sites is 1. The fourth-order valence-corrected chi connectivity index (χ4v) is 3.03. The number of aromatic nitrogens is 1. The van der Waals surface area contributed by atoms with Crippen molar-refractivity contribution in [1.82, 2.24) is 15.6 Å². The van der Waals surface area contributed by atoms with E-state index >= 15 is 0 Å². The number of pyridine rings is 1. The van der Waals surface area contributed by atoms with Crippen LogP contribution < -0.4 is 16.0 Å². The Balaban J connectivity index is 1.35. The van der Waals surface area contributed by atoms with Crippen molar-refractivity contribution in [2.45, 2.75) is 25.9 Å². The molecular formula is C21H31N5O2. The maximum atomic E-state index is 5.77. The van der Waals surface area contributed by atoms with Crippen molar-refractivity contribution in [3.05, 3.63) is 36.4 Å². The largest absolute Gasteiger partial charge is 0.379 e. The highest BCUT2D eigenvalue weighted by Crippen LogP contribution is 2.14. The average Bonchev–Trinajstić information content (AvgIpc) is 3.24. The third-order valence-electron chi connectivity index (χ3n) is 4.48. The number of fused-ring (bicyclic) bond motifs is 1. The van der Waals surface area contributed by atoms with Crippen molar-refractivity contribution in [3.8, 4) is 0 Å². The van der Waals surface area contributed by atoms with Crippen molar-refractivity contribution in [1.29, 1.82) is 0 Å². The number of nitrogens with zero attached hydrogens (tertiary/aromatic N) is 2. The monoisotopic (exact) mass is 385 g/mol. The van der Waals surface area contributed by atoms with E-state index in [4.69, 9.17) is 9.47 Å². The zero-order valence-electron chi connectivity index (χ0n) is 16.6. The molecule has 1 aliphatic heterocycles. The Kier molecular flexibility index (Phi) is 8.33. The van der Waals surface area contributed by atoms with Crippen LogP contribution in [0.1, 0.15) is 19.8 Å². The number of nitrogens with one attached hydrogen (secondary N) is 3. The Morgan fingerprint density at radius 1 is 1.21 bits per heavy atom. The van der Waals surface area contributed by atoms with E-state index in [0.717, 1.165) is 81.5 Å². The number of rotatable bonds is 10. The first kappa shape index (κ1) is 20.4. The van der Waals surface area contributed by atoms with Crippen LogP contribution in [0.25, 0.3) is 10.9 Å². The fraction of sp³-hybridized carbons (Fsp3) is 0.524. The lowest BCUT2D eigenvalue weighted by atomic mass is 10.2. The number of hydrogen-bond donors (Lipinski definition) is 3. The quantitative estimate of drug-likeness (QED) is 0.331. The van der Waals surface area contributed by atoms with Gasteiger partial charge in [0.1, 0.15) is 5.82 Å². The molecule has 0 saturated carbocycles. The highest BCUT2D eigenvalue weighted by molar-refractivity contribution is 5.80.